The van der Waals surface area contributed by atoms with Crippen molar-refractivity contribution in [1.29, 1.82) is 0 Å². The van der Waals surface area contributed by atoms with E-state index in [1.165, 1.54) is 6.07 Å². The van der Waals surface area contributed by atoms with E-state index in [2.05, 4.69) is 0 Å². The highest BCUT2D eigenvalue weighted by Gasteiger charge is 2.35. The second-order valence-electron chi connectivity index (χ2n) is 7.08. The summed E-state index contributed by atoms with van der Waals surface area (Å²) in [6.45, 7) is 0.525. The number of aromatic nitrogens is 1. The number of halogens is 1. The Bertz CT molecular complexity index is 1240. The van der Waals surface area contributed by atoms with Gasteiger partial charge in [0, 0.05) is 28.5 Å². The van der Waals surface area contributed by atoms with Crippen LogP contribution in [0.4, 0.5) is 10.5 Å². The minimum absolute atomic E-state index is 0.0261. The van der Waals surface area contributed by atoms with E-state index >= 15 is 0 Å². The molecule has 4 rings (SSSR count). The van der Waals surface area contributed by atoms with Crippen LogP contribution in [0.2, 0.25) is 5.02 Å². The average Bonchev–Trinajstić information content (AvgIpc) is 3.34. The lowest BCUT2D eigenvalue weighted by atomic mass is 10.2. The van der Waals surface area contributed by atoms with Gasteiger partial charge in [-0.1, -0.05) is 29.8 Å². The Morgan fingerprint density at radius 2 is 1.82 bits per heavy atom. The number of nitro groups is 1. The third-order valence-corrected chi connectivity index (χ3v) is 6.10. The highest BCUT2D eigenvalue weighted by molar-refractivity contribution is 8.18. The van der Waals surface area contributed by atoms with Gasteiger partial charge in [0.15, 0.2) is 0 Å². The lowest BCUT2D eigenvalue weighted by molar-refractivity contribution is -0.385. The van der Waals surface area contributed by atoms with E-state index in [9.17, 15) is 19.7 Å². The van der Waals surface area contributed by atoms with E-state index in [1.54, 1.807) is 71.4 Å². The molecular formula is C23H18ClN3O5S. The first-order valence-corrected chi connectivity index (χ1v) is 11.1. The molecule has 0 spiro atoms. The average molecular weight is 484 g/mol. The Kier molecular flexibility index (Phi) is 6.81. The molecular weight excluding hydrogens is 466 g/mol. The summed E-state index contributed by atoms with van der Waals surface area (Å²) in [6.07, 6.45) is 3.40. The number of imide groups is 1. The molecule has 2 amide bonds. The fourth-order valence-electron chi connectivity index (χ4n) is 3.32. The summed E-state index contributed by atoms with van der Waals surface area (Å²) >= 11 is 6.70. The van der Waals surface area contributed by atoms with Crippen molar-refractivity contribution in [2.75, 3.05) is 13.2 Å². The van der Waals surface area contributed by atoms with Crippen LogP contribution in [0.25, 0.3) is 6.08 Å². The summed E-state index contributed by atoms with van der Waals surface area (Å²) in [6, 6.07) is 16.9. The highest BCUT2D eigenvalue weighted by atomic mass is 35.5. The molecule has 0 atom stereocenters. The summed E-state index contributed by atoms with van der Waals surface area (Å²) in [5, 5.41) is 11.5. The number of rotatable bonds is 8. The maximum absolute atomic E-state index is 12.8. The van der Waals surface area contributed by atoms with Crippen molar-refractivity contribution in [1.82, 2.24) is 9.47 Å². The van der Waals surface area contributed by atoms with Crippen LogP contribution in [0, 0.1) is 10.1 Å². The van der Waals surface area contributed by atoms with Crippen LogP contribution < -0.4 is 4.74 Å². The zero-order valence-corrected chi connectivity index (χ0v) is 18.8. The lowest BCUT2D eigenvalue weighted by Gasteiger charge is -2.13. The number of para-hydroxylation sites is 1. The van der Waals surface area contributed by atoms with Crippen molar-refractivity contribution < 1.29 is 19.2 Å². The van der Waals surface area contributed by atoms with Crippen molar-refractivity contribution in [2.45, 2.75) is 6.54 Å². The van der Waals surface area contributed by atoms with Crippen LogP contribution in [-0.2, 0) is 11.3 Å². The third kappa shape index (κ3) is 5.27. The molecule has 10 heteroatoms. The van der Waals surface area contributed by atoms with Gasteiger partial charge in [-0.15, -0.1) is 0 Å². The molecule has 1 aromatic heterocycles. The van der Waals surface area contributed by atoms with Gasteiger partial charge >= 0.3 is 0 Å². The molecule has 2 aromatic carbocycles. The molecule has 0 aliphatic carbocycles. The van der Waals surface area contributed by atoms with Gasteiger partial charge in [-0.2, -0.15) is 0 Å². The topological polar surface area (TPSA) is 94.7 Å². The number of ether oxygens (including phenoxy) is 1. The number of carbonyl (C=O) groups is 2. The Hall–Kier alpha value is -3.56. The molecule has 8 nitrogen and oxygen atoms in total. The highest BCUT2D eigenvalue weighted by Crippen LogP contribution is 2.32. The Balaban J connectivity index is 1.44. The quantitative estimate of drug-likeness (QED) is 0.248. The molecule has 0 N–H and O–H groups in total. The van der Waals surface area contributed by atoms with E-state index in [1.807, 2.05) is 0 Å². The first kappa shape index (κ1) is 22.6. The number of amides is 2. The van der Waals surface area contributed by atoms with E-state index in [4.69, 9.17) is 16.3 Å². The monoisotopic (exact) mass is 483 g/mol. The third-order valence-electron chi connectivity index (χ3n) is 4.94. The van der Waals surface area contributed by atoms with Gasteiger partial charge < -0.3 is 9.30 Å². The first-order valence-electron chi connectivity index (χ1n) is 9.93. The lowest BCUT2D eigenvalue weighted by Crippen LogP contribution is -2.32. The maximum Gasteiger partial charge on any atom is 0.293 e. The van der Waals surface area contributed by atoms with Gasteiger partial charge in [0.05, 0.1) is 22.9 Å². The second-order valence-corrected chi connectivity index (χ2v) is 8.51. The number of nitro benzene ring substituents is 1. The molecule has 1 fully saturated rings. The molecule has 0 unspecified atom stereocenters. The number of hydrogen-bond donors (Lipinski definition) is 0. The number of hydrogen-bond acceptors (Lipinski definition) is 6. The number of thioether (sulfide) groups is 1. The van der Waals surface area contributed by atoms with E-state index < -0.39 is 10.8 Å². The van der Waals surface area contributed by atoms with Crippen LogP contribution in [0.1, 0.15) is 11.3 Å². The van der Waals surface area contributed by atoms with Crippen LogP contribution in [0.15, 0.2) is 71.8 Å². The van der Waals surface area contributed by atoms with E-state index in [0.717, 1.165) is 16.7 Å². The Morgan fingerprint density at radius 3 is 2.58 bits per heavy atom. The van der Waals surface area contributed by atoms with Gasteiger partial charge in [-0.25, -0.2) is 0 Å². The Labute approximate surface area is 198 Å². The zero-order valence-electron chi connectivity index (χ0n) is 17.2. The van der Waals surface area contributed by atoms with Gasteiger partial charge in [-0.3, -0.25) is 24.6 Å². The number of carbonyl (C=O) groups excluding carboxylic acids is 2. The fraction of sp³-hybridized carbons (Fsp3) is 0.130. The van der Waals surface area contributed by atoms with Gasteiger partial charge in [0.2, 0.25) is 0 Å². The van der Waals surface area contributed by atoms with Crippen molar-refractivity contribution >= 4 is 46.3 Å². The predicted molar refractivity (Wildman–Crippen MR) is 126 cm³/mol. The normalized spacial score (nSPS) is 14.8. The molecule has 0 saturated carbocycles. The van der Waals surface area contributed by atoms with Crippen molar-refractivity contribution in [3.05, 3.63) is 98.2 Å². The molecule has 168 valence electrons. The summed E-state index contributed by atoms with van der Waals surface area (Å²) in [4.78, 5) is 37.5. The molecule has 1 aliphatic heterocycles. The van der Waals surface area contributed by atoms with Gasteiger partial charge in [0.1, 0.15) is 12.4 Å². The van der Waals surface area contributed by atoms with Crippen molar-refractivity contribution in [2.24, 2.45) is 0 Å². The molecule has 2 heterocycles. The Morgan fingerprint density at radius 1 is 1.06 bits per heavy atom. The molecule has 0 bridgehead atoms. The van der Waals surface area contributed by atoms with E-state index in [0.29, 0.717) is 22.0 Å². The van der Waals surface area contributed by atoms with Gasteiger partial charge in [0.25, 0.3) is 16.8 Å². The standard InChI is InChI=1S/C23H18ClN3O5S/c24-17-7-9-19(10-8-17)32-13-12-26-22(28)21(33-23(26)29)14-18-5-3-11-25(18)15-16-4-1-2-6-20(16)27(30)31/h1-11,14H,12-13,15H2/b21-14-. The second kappa shape index (κ2) is 9.93. The number of benzene rings is 2. The largest absolute Gasteiger partial charge is 0.492 e. The van der Waals surface area contributed by atoms with E-state index in [-0.39, 0.29) is 35.5 Å². The summed E-state index contributed by atoms with van der Waals surface area (Å²) < 4.78 is 7.38. The SMILES string of the molecule is O=C1S/C(=C\c2cccn2Cc2ccccc2[N+](=O)[O-])C(=O)N1CCOc1ccc(Cl)cc1. The fourth-order valence-corrected chi connectivity index (χ4v) is 4.30. The van der Waals surface area contributed by atoms with Crippen LogP contribution >= 0.6 is 23.4 Å². The number of nitrogens with zero attached hydrogens (tertiary/aromatic N) is 3. The minimum Gasteiger partial charge on any atom is -0.492 e. The predicted octanol–water partition coefficient (Wildman–Crippen LogP) is 5.21. The van der Waals surface area contributed by atoms with Crippen LogP contribution in [0.3, 0.4) is 0 Å². The minimum atomic E-state index is -0.421. The molecule has 1 saturated heterocycles. The van der Waals surface area contributed by atoms with Crippen LogP contribution in [-0.4, -0.2) is 38.7 Å². The first-order chi connectivity index (χ1) is 15.9. The summed E-state index contributed by atoms with van der Waals surface area (Å²) in [7, 11) is 0. The van der Waals surface area contributed by atoms with Crippen molar-refractivity contribution in [3.8, 4) is 5.75 Å². The zero-order chi connectivity index (χ0) is 23.4. The molecule has 0 radical (unpaired) electrons. The van der Waals surface area contributed by atoms with Gasteiger partial charge in [-0.05, 0) is 54.2 Å². The smallest absolute Gasteiger partial charge is 0.293 e. The summed E-state index contributed by atoms with van der Waals surface area (Å²) in [5.74, 6) is 0.192. The maximum atomic E-state index is 12.8. The molecule has 33 heavy (non-hydrogen) atoms. The summed E-state index contributed by atoms with van der Waals surface area (Å²) in [5.41, 5.74) is 1.23. The van der Waals surface area contributed by atoms with Crippen LogP contribution in [0.5, 0.6) is 5.75 Å². The molecule has 3 aromatic rings. The molecule has 1 aliphatic rings. The van der Waals surface area contributed by atoms with Crippen molar-refractivity contribution in [3.63, 3.8) is 0 Å².